The van der Waals surface area contributed by atoms with Crippen LogP contribution in [0.25, 0.3) is 5.70 Å². The van der Waals surface area contributed by atoms with E-state index in [2.05, 4.69) is 36.7 Å². The quantitative estimate of drug-likeness (QED) is 0.521. The molecule has 0 atom stereocenters. The van der Waals surface area contributed by atoms with Crippen LogP contribution >= 0.6 is 22.9 Å². The van der Waals surface area contributed by atoms with Crippen LogP contribution in [-0.2, 0) is 0 Å². The van der Waals surface area contributed by atoms with Crippen molar-refractivity contribution in [2.24, 2.45) is 5.73 Å². The minimum absolute atomic E-state index is 0.738. The van der Waals surface area contributed by atoms with Crippen LogP contribution in [0.3, 0.4) is 0 Å². The molecule has 0 bridgehead atoms. The topological polar surface area (TPSA) is 64.2 Å². The first-order chi connectivity index (χ1) is 6.33. The first kappa shape index (κ1) is 8.61. The molecule has 0 aliphatic carbocycles. The molecule has 1 aromatic heterocycles. The second-order valence-corrected chi connectivity index (χ2v) is 3.34. The van der Waals surface area contributed by atoms with Crippen LogP contribution in [0.2, 0.25) is 0 Å². The van der Waals surface area contributed by atoms with Gasteiger partial charge in [-0.2, -0.15) is 0 Å². The highest BCUT2D eigenvalue weighted by molar-refractivity contribution is 14.1. The summed E-state index contributed by atoms with van der Waals surface area (Å²) in [7, 11) is 0. The van der Waals surface area contributed by atoms with Crippen LogP contribution in [0.15, 0.2) is 24.0 Å². The SMILES string of the molecule is NC1=C(NI)CNc2[nH+]cccc21. The van der Waals surface area contributed by atoms with Gasteiger partial charge in [0.25, 0.3) is 5.82 Å². The summed E-state index contributed by atoms with van der Waals surface area (Å²) >= 11 is 2.08. The van der Waals surface area contributed by atoms with E-state index in [9.17, 15) is 0 Å². The highest BCUT2D eigenvalue weighted by Gasteiger charge is 2.20. The standard InChI is InChI=1S/C8H9IN4/c9-13-6-4-12-8-5(7(6)10)2-1-3-11-8/h1-3,13H,4,10H2,(H,11,12)/p+1. The smallest absolute Gasteiger partial charge is 0.282 e. The Morgan fingerprint density at radius 2 is 2.46 bits per heavy atom. The minimum atomic E-state index is 0.738. The molecule has 13 heavy (non-hydrogen) atoms. The zero-order valence-electron chi connectivity index (χ0n) is 6.89. The molecule has 0 spiro atoms. The fourth-order valence-corrected chi connectivity index (χ4v) is 1.81. The van der Waals surface area contributed by atoms with Crippen molar-refractivity contribution in [1.82, 2.24) is 3.53 Å². The number of halogens is 1. The second-order valence-electron chi connectivity index (χ2n) is 2.80. The summed E-state index contributed by atoms with van der Waals surface area (Å²) in [5.41, 5.74) is 8.80. The van der Waals surface area contributed by atoms with Crippen molar-refractivity contribution in [2.75, 3.05) is 11.9 Å². The normalized spacial score (nSPS) is 14.8. The second kappa shape index (κ2) is 3.41. The van der Waals surface area contributed by atoms with Crippen molar-refractivity contribution in [2.45, 2.75) is 0 Å². The summed E-state index contributed by atoms with van der Waals surface area (Å²) in [5, 5.41) is 3.23. The van der Waals surface area contributed by atoms with Crippen LogP contribution in [0.1, 0.15) is 5.56 Å². The van der Waals surface area contributed by atoms with Crippen molar-refractivity contribution in [1.29, 1.82) is 0 Å². The fourth-order valence-electron chi connectivity index (χ4n) is 1.33. The number of pyridine rings is 1. The van der Waals surface area contributed by atoms with Gasteiger partial charge in [-0.3, -0.25) is 5.32 Å². The van der Waals surface area contributed by atoms with Crippen molar-refractivity contribution in [3.05, 3.63) is 29.6 Å². The number of H-pyrrole nitrogens is 1. The number of fused-ring (bicyclic) bond motifs is 1. The monoisotopic (exact) mass is 289 g/mol. The maximum Gasteiger partial charge on any atom is 0.282 e. The minimum Gasteiger partial charge on any atom is -0.396 e. The molecule has 0 radical (unpaired) electrons. The Balaban J connectivity index is 2.52. The van der Waals surface area contributed by atoms with E-state index >= 15 is 0 Å². The lowest BCUT2D eigenvalue weighted by molar-refractivity contribution is -0.361. The first-order valence-electron chi connectivity index (χ1n) is 3.93. The summed E-state index contributed by atoms with van der Waals surface area (Å²) in [6.07, 6.45) is 1.88. The van der Waals surface area contributed by atoms with Gasteiger partial charge in [0, 0.05) is 0 Å². The Morgan fingerprint density at radius 1 is 1.62 bits per heavy atom. The molecule has 2 heterocycles. The number of nitrogens with two attached hydrogens (primary N) is 1. The molecule has 5 heteroatoms. The van der Waals surface area contributed by atoms with Crippen LogP contribution in [-0.4, -0.2) is 6.54 Å². The molecular formula is C8H10IN4+. The first-order valence-corrected chi connectivity index (χ1v) is 5.01. The molecule has 4 nitrogen and oxygen atoms in total. The van der Waals surface area contributed by atoms with Gasteiger partial charge in [0.05, 0.1) is 46.0 Å². The largest absolute Gasteiger partial charge is 0.396 e. The zero-order valence-corrected chi connectivity index (χ0v) is 9.05. The van der Waals surface area contributed by atoms with E-state index in [1.165, 1.54) is 0 Å². The van der Waals surface area contributed by atoms with Crippen LogP contribution in [0.5, 0.6) is 0 Å². The molecule has 1 aliphatic rings. The number of aromatic amines is 1. The molecular weight excluding hydrogens is 279 g/mol. The molecule has 1 aliphatic heterocycles. The van der Waals surface area contributed by atoms with E-state index in [1.54, 1.807) is 0 Å². The van der Waals surface area contributed by atoms with Gasteiger partial charge >= 0.3 is 0 Å². The lowest BCUT2D eigenvalue weighted by Crippen LogP contribution is -2.27. The number of aromatic nitrogens is 1. The Bertz CT molecular complexity index is 361. The third-order valence-corrected chi connectivity index (χ3v) is 2.68. The van der Waals surface area contributed by atoms with Gasteiger partial charge in [-0.15, -0.1) is 0 Å². The molecule has 0 aromatic carbocycles. The third kappa shape index (κ3) is 1.43. The average Bonchev–Trinajstić information content (AvgIpc) is 2.19. The molecule has 0 fully saturated rings. The van der Waals surface area contributed by atoms with Crippen molar-refractivity contribution in [3.8, 4) is 0 Å². The summed E-state index contributed by atoms with van der Waals surface area (Å²) in [5.74, 6) is 0.982. The molecule has 0 amide bonds. The molecule has 68 valence electrons. The van der Waals surface area contributed by atoms with Crippen molar-refractivity contribution >= 4 is 34.4 Å². The van der Waals surface area contributed by atoms with Gasteiger partial charge in [0.2, 0.25) is 0 Å². The summed E-state index contributed by atoms with van der Waals surface area (Å²) in [6.45, 7) is 0.738. The number of hydrogen-bond acceptors (Lipinski definition) is 3. The zero-order chi connectivity index (χ0) is 9.26. The van der Waals surface area contributed by atoms with Crippen LogP contribution in [0, 0.1) is 0 Å². The van der Waals surface area contributed by atoms with E-state index in [0.29, 0.717) is 0 Å². The van der Waals surface area contributed by atoms with Gasteiger partial charge in [0.15, 0.2) is 0 Å². The van der Waals surface area contributed by atoms with Gasteiger partial charge in [-0.1, -0.05) is 0 Å². The van der Waals surface area contributed by atoms with E-state index in [4.69, 9.17) is 5.73 Å². The fraction of sp³-hybridized carbons (Fsp3) is 0.125. The average molecular weight is 289 g/mol. The summed E-state index contributed by atoms with van der Waals surface area (Å²) < 4.78 is 3.04. The molecule has 1 aromatic rings. The van der Waals surface area contributed by atoms with E-state index in [-0.39, 0.29) is 0 Å². The van der Waals surface area contributed by atoms with Gasteiger partial charge in [-0.05, 0) is 12.1 Å². The lowest BCUT2D eigenvalue weighted by Gasteiger charge is -2.15. The van der Waals surface area contributed by atoms with E-state index in [1.807, 2.05) is 18.3 Å². The predicted octanol–water partition coefficient (Wildman–Crippen LogP) is 0.493. The highest BCUT2D eigenvalue weighted by Crippen LogP contribution is 2.22. The van der Waals surface area contributed by atoms with Gasteiger partial charge in [0.1, 0.15) is 6.54 Å². The number of rotatable bonds is 1. The van der Waals surface area contributed by atoms with Crippen molar-refractivity contribution < 1.29 is 4.98 Å². The number of hydrogen-bond donors (Lipinski definition) is 3. The van der Waals surface area contributed by atoms with Gasteiger partial charge < -0.3 is 9.26 Å². The Kier molecular flexibility index (Phi) is 2.26. The molecule has 5 N–H and O–H groups in total. The van der Waals surface area contributed by atoms with Crippen LogP contribution < -0.4 is 19.6 Å². The van der Waals surface area contributed by atoms with E-state index in [0.717, 1.165) is 29.3 Å². The summed E-state index contributed by atoms with van der Waals surface area (Å²) in [6, 6.07) is 3.92. The van der Waals surface area contributed by atoms with Crippen molar-refractivity contribution in [3.63, 3.8) is 0 Å². The Hall–Kier alpha value is -0.980. The number of anilines is 1. The van der Waals surface area contributed by atoms with E-state index < -0.39 is 0 Å². The Morgan fingerprint density at radius 3 is 3.23 bits per heavy atom. The summed E-state index contributed by atoms with van der Waals surface area (Å²) in [4.78, 5) is 3.11. The molecule has 0 unspecified atom stereocenters. The maximum atomic E-state index is 5.95. The van der Waals surface area contributed by atoms with Gasteiger partial charge in [-0.25, -0.2) is 4.98 Å². The third-order valence-electron chi connectivity index (χ3n) is 2.03. The maximum absolute atomic E-state index is 5.95. The highest BCUT2D eigenvalue weighted by atomic mass is 127. The number of nitrogens with one attached hydrogen (secondary N) is 3. The van der Waals surface area contributed by atoms with Crippen LogP contribution in [0.4, 0.5) is 5.82 Å². The predicted molar refractivity (Wildman–Crippen MR) is 59.8 cm³/mol. The molecule has 2 rings (SSSR count). The molecule has 0 saturated carbocycles. The molecule has 0 saturated heterocycles. The lowest BCUT2D eigenvalue weighted by atomic mass is 10.1. The Labute approximate surface area is 90.1 Å².